The second kappa shape index (κ2) is 7.09. The maximum absolute atomic E-state index is 10.5. The van der Waals surface area contributed by atoms with E-state index in [9.17, 15) is 4.79 Å². The first-order valence-corrected chi connectivity index (χ1v) is 6.35. The Kier molecular flexibility index (Phi) is 4.93. The molecule has 0 aliphatic heterocycles. The number of nitrogen functional groups attached to an aromatic ring is 1. The molecular weight excluding hydrogens is 268 g/mol. The molecule has 2 aromatic carbocycles. The molecule has 0 aliphatic rings. The lowest BCUT2D eigenvalue weighted by molar-refractivity contribution is 0.113. The summed E-state index contributed by atoms with van der Waals surface area (Å²) in [7, 11) is 0. The summed E-state index contributed by atoms with van der Waals surface area (Å²) in [5.41, 5.74) is 6.84. The van der Waals surface area contributed by atoms with Crippen LogP contribution in [-0.2, 0) is 9.53 Å². The quantitative estimate of drug-likeness (QED) is 0.602. The number of nitrogens with one attached hydrogen (secondary N) is 1. The van der Waals surface area contributed by atoms with Gasteiger partial charge in [-0.2, -0.15) is 0 Å². The van der Waals surface area contributed by atoms with Gasteiger partial charge in [-0.25, -0.2) is 4.79 Å². The summed E-state index contributed by atoms with van der Waals surface area (Å²) in [4.78, 5) is 10.5. The van der Waals surface area contributed by atoms with Gasteiger partial charge in [-0.05, 0) is 29.8 Å². The summed E-state index contributed by atoms with van der Waals surface area (Å²) < 4.78 is 10.5. The Hall–Kier alpha value is -2.82. The van der Waals surface area contributed by atoms with E-state index in [1.165, 1.54) is 6.47 Å². The largest absolute Gasteiger partial charge is 0.489 e. The lowest BCUT2D eigenvalue weighted by Gasteiger charge is -2.16. The van der Waals surface area contributed by atoms with Gasteiger partial charge in [0.15, 0.2) is 6.10 Å². The van der Waals surface area contributed by atoms with Crippen LogP contribution in [0.2, 0.25) is 0 Å². The van der Waals surface area contributed by atoms with Crippen molar-refractivity contribution in [3.8, 4) is 5.75 Å². The number of rotatable bonds is 7. The average molecular weight is 283 g/mol. The molecule has 0 fully saturated rings. The Morgan fingerprint density at radius 2 is 1.81 bits per heavy atom. The van der Waals surface area contributed by atoms with Crippen LogP contribution in [0.15, 0.2) is 54.6 Å². The van der Waals surface area contributed by atoms with Crippen molar-refractivity contribution in [1.29, 1.82) is 5.41 Å². The molecule has 107 valence electrons. The molecule has 5 nitrogen and oxygen atoms in total. The van der Waals surface area contributed by atoms with Crippen molar-refractivity contribution in [2.45, 2.75) is 6.10 Å². The number of benzene rings is 2. The SMILES string of the molecule is N=C(N)c1ccc(OCC(O[C]=O)c2ccccc2)cc1. The van der Waals surface area contributed by atoms with E-state index < -0.39 is 6.10 Å². The van der Waals surface area contributed by atoms with Crippen molar-refractivity contribution in [2.75, 3.05) is 6.61 Å². The van der Waals surface area contributed by atoms with Crippen molar-refractivity contribution >= 4 is 12.3 Å². The summed E-state index contributed by atoms with van der Waals surface area (Å²) >= 11 is 0. The van der Waals surface area contributed by atoms with E-state index in [1.54, 1.807) is 24.3 Å². The maximum atomic E-state index is 10.5. The molecule has 1 radical (unpaired) electrons. The topological polar surface area (TPSA) is 85.4 Å². The second-order valence-corrected chi connectivity index (χ2v) is 4.35. The Bertz CT molecular complexity index is 597. The van der Waals surface area contributed by atoms with Crippen LogP contribution >= 0.6 is 0 Å². The lowest BCUT2D eigenvalue weighted by atomic mass is 10.1. The summed E-state index contributed by atoms with van der Waals surface area (Å²) in [5, 5.41) is 7.32. The lowest BCUT2D eigenvalue weighted by Crippen LogP contribution is -2.14. The number of ether oxygens (including phenoxy) is 2. The summed E-state index contributed by atoms with van der Waals surface area (Å²) in [6, 6.07) is 16.1. The minimum Gasteiger partial charge on any atom is -0.489 e. The molecule has 0 heterocycles. The molecule has 0 aromatic heterocycles. The molecule has 1 unspecified atom stereocenters. The van der Waals surface area contributed by atoms with Crippen LogP contribution in [0.25, 0.3) is 0 Å². The fourth-order valence-electron chi connectivity index (χ4n) is 1.83. The van der Waals surface area contributed by atoms with Gasteiger partial charge in [0.1, 0.15) is 18.2 Å². The highest BCUT2D eigenvalue weighted by Gasteiger charge is 2.13. The number of amidine groups is 1. The van der Waals surface area contributed by atoms with Gasteiger partial charge >= 0.3 is 6.47 Å². The first-order chi connectivity index (χ1) is 10.2. The normalized spacial score (nSPS) is 11.4. The number of hydrogen-bond acceptors (Lipinski definition) is 4. The van der Waals surface area contributed by atoms with Gasteiger partial charge in [-0.15, -0.1) is 0 Å². The van der Waals surface area contributed by atoms with Crippen LogP contribution in [0.5, 0.6) is 5.75 Å². The molecule has 3 N–H and O–H groups in total. The van der Waals surface area contributed by atoms with E-state index in [4.69, 9.17) is 20.6 Å². The van der Waals surface area contributed by atoms with Crippen molar-refractivity contribution < 1.29 is 14.3 Å². The van der Waals surface area contributed by atoms with E-state index in [-0.39, 0.29) is 12.4 Å². The van der Waals surface area contributed by atoms with Gasteiger partial charge in [-0.3, -0.25) is 5.41 Å². The first-order valence-electron chi connectivity index (χ1n) is 6.35. The fourth-order valence-corrected chi connectivity index (χ4v) is 1.83. The third kappa shape index (κ3) is 4.07. The fraction of sp³-hybridized carbons (Fsp3) is 0.125. The molecule has 0 bridgehead atoms. The Morgan fingerprint density at radius 1 is 1.14 bits per heavy atom. The summed E-state index contributed by atoms with van der Waals surface area (Å²) in [5.74, 6) is 0.609. The molecule has 0 saturated heterocycles. The van der Waals surface area contributed by atoms with Crippen molar-refractivity contribution in [1.82, 2.24) is 0 Å². The smallest absolute Gasteiger partial charge is 0.418 e. The molecular formula is C16H15N2O3. The van der Waals surface area contributed by atoms with E-state index in [0.717, 1.165) is 5.56 Å². The van der Waals surface area contributed by atoms with Gasteiger partial charge in [0.2, 0.25) is 0 Å². The van der Waals surface area contributed by atoms with Gasteiger partial charge in [-0.1, -0.05) is 30.3 Å². The third-order valence-electron chi connectivity index (χ3n) is 2.93. The Labute approximate surface area is 122 Å². The monoisotopic (exact) mass is 283 g/mol. The highest BCUT2D eigenvalue weighted by atomic mass is 16.6. The molecule has 5 heteroatoms. The molecule has 0 saturated carbocycles. The van der Waals surface area contributed by atoms with Crippen LogP contribution in [0, 0.1) is 5.41 Å². The minimum atomic E-state index is -0.517. The zero-order valence-corrected chi connectivity index (χ0v) is 11.3. The van der Waals surface area contributed by atoms with Gasteiger partial charge in [0, 0.05) is 5.56 Å². The molecule has 0 amide bonds. The van der Waals surface area contributed by atoms with Crippen LogP contribution < -0.4 is 10.5 Å². The van der Waals surface area contributed by atoms with Crippen LogP contribution in [0.1, 0.15) is 17.2 Å². The Morgan fingerprint density at radius 3 is 2.38 bits per heavy atom. The molecule has 0 aliphatic carbocycles. The van der Waals surface area contributed by atoms with Gasteiger partial charge in [0.25, 0.3) is 0 Å². The number of carbonyl (C=O) groups excluding carboxylic acids is 1. The summed E-state index contributed by atoms with van der Waals surface area (Å²) in [6.45, 7) is 1.63. The van der Waals surface area contributed by atoms with Gasteiger partial charge in [0.05, 0.1) is 0 Å². The first kappa shape index (κ1) is 14.6. The summed E-state index contributed by atoms with van der Waals surface area (Å²) in [6.07, 6.45) is -0.517. The third-order valence-corrected chi connectivity index (χ3v) is 2.93. The zero-order valence-electron chi connectivity index (χ0n) is 11.3. The van der Waals surface area contributed by atoms with E-state index >= 15 is 0 Å². The maximum Gasteiger partial charge on any atom is 0.418 e. The average Bonchev–Trinajstić information content (AvgIpc) is 2.52. The zero-order chi connectivity index (χ0) is 15.1. The van der Waals surface area contributed by atoms with Crippen LogP contribution in [0.3, 0.4) is 0 Å². The number of hydrogen-bond donors (Lipinski definition) is 2. The highest BCUT2D eigenvalue weighted by molar-refractivity contribution is 5.94. The minimum absolute atomic E-state index is 0.00241. The molecule has 2 rings (SSSR count). The highest BCUT2D eigenvalue weighted by Crippen LogP contribution is 2.19. The second-order valence-electron chi connectivity index (χ2n) is 4.35. The van der Waals surface area contributed by atoms with Crippen molar-refractivity contribution in [3.05, 3.63) is 65.7 Å². The van der Waals surface area contributed by atoms with Gasteiger partial charge < -0.3 is 15.2 Å². The predicted octanol–water partition coefficient (Wildman–Crippen LogP) is 2.17. The van der Waals surface area contributed by atoms with Crippen molar-refractivity contribution in [2.24, 2.45) is 5.73 Å². The standard InChI is InChI=1S/C16H15N2O3/c17-16(18)13-6-8-14(9-7-13)20-10-15(21-11-19)12-4-2-1-3-5-12/h1-9,15H,10H2,(H3,17,18). The van der Waals surface area contributed by atoms with Crippen LogP contribution in [0.4, 0.5) is 0 Å². The Balaban J connectivity index is 2.01. The van der Waals surface area contributed by atoms with E-state index in [1.807, 2.05) is 30.3 Å². The van der Waals surface area contributed by atoms with Crippen LogP contribution in [-0.4, -0.2) is 18.9 Å². The predicted molar refractivity (Wildman–Crippen MR) is 78.9 cm³/mol. The van der Waals surface area contributed by atoms with E-state index in [2.05, 4.69) is 0 Å². The molecule has 2 aromatic rings. The number of nitrogens with two attached hydrogens (primary N) is 1. The van der Waals surface area contributed by atoms with Crippen molar-refractivity contribution in [3.63, 3.8) is 0 Å². The van der Waals surface area contributed by atoms with E-state index in [0.29, 0.717) is 11.3 Å². The molecule has 1 atom stereocenters. The molecule has 0 spiro atoms. The molecule has 21 heavy (non-hydrogen) atoms.